The van der Waals surface area contributed by atoms with Gasteiger partial charge in [-0.1, -0.05) is 6.07 Å². The van der Waals surface area contributed by atoms with Gasteiger partial charge in [-0.05, 0) is 68.2 Å². The highest BCUT2D eigenvalue weighted by Crippen LogP contribution is 2.54. The first-order valence-corrected chi connectivity index (χ1v) is 12.5. The first-order chi connectivity index (χ1) is 18.9. The Hall–Kier alpha value is -4.48. The van der Waals surface area contributed by atoms with Gasteiger partial charge in [0.2, 0.25) is 5.78 Å². The monoisotopic (exact) mass is 548 g/mol. The van der Waals surface area contributed by atoms with E-state index in [-0.39, 0.29) is 29.7 Å². The van der Waals surface area contributed by atoms with Gasteiger partial charge in [0, 0.05) is 22.6 Å². The summed E-state index contributed by atoms with van der Waals surface area (Å²) in [6.45, 7) is 0. The first kappa shape index (κ1) is 27.1. The lowest BCUT2D eigenvalue weighted by atomic mass is 9.57. The van der Waals surface area contributed by atoms with Crippen molar-refractivity contribution in [2.75, 3.05) is 21.2 Å². The van der Waals surface area contributed by atoms with E-state index >= 15 is 0 Å². The molecule has 0 bridgehead atoms. The molecule has 4 atom stereocenters. The molecule has 0 aromatic heterocycles. The fraction of sp³-hybridized carbons (Fsp3) is 0.310. The van der Waals surface area contributed by atoms with E-state index in [2.05, 4.69) is 0 Å². The predicted molar refractivity (Wildman–Crippen MR) is 142 cm³/mol. The molecule has 0 saturated heterocycles. The number of Topliss-reactive ketones (excluding diaryl/α,β-unsaturated/α-hetero) is 2. The van der Waals surface area contributed by atoms with Crippen molar-refractivity contribution in [3.63, 3.8) is 0 Å². The van der Waals surface area contributed by atoms with Crippen LogP contribution in [-0.4, -0.2) is 81.9 Å². The predicted octanol–water partition coefficient (Wildman–Crippen LogP) is 1.45. The molecule has 5 rings (SSSR count). The number of benzene rings is 2. The number of amides is 1. The smallest absolute Gasteiger partial charge is 0.255 e. The zero-order valence-corrected chi connectivity index (χ0v) is 22.0. The van der Waals surface area contributed by atoms with Crippen LogP contribution < -0.4 is 10.5 Å². The second-order valence-corrected chi connectivity index (χ2v) is 10.5. The molecule has 0 spiro atoms. The summed E-state index contributed by atoms with van der Waals surface area (Å²) in [5.41, 5.74) is 3.37. The Morgan fingerprint density at radius 1 is 1.12 bits per heavy atom. The summed E-state index contributed by atoms with van der Waals surface area (Å²) in [6.07, 6.45) is 0.743. The van der Waals surface area contributed by atoms with Crippen LogP contribution in [0.3, 0.4) is 0 Å². The molecule has 1 saturated carbocycles. The number of hydrogen-bond acceptors (Lipinski definition) is 10. The molecule has 1 amide bonds. The van der Waals surface area contributed by atoms with Gasteiger partial charge in [0.15, 0.2) is 11.4 Å². The molecule has 2 aromatic carbocycles. The van der Waals surface area contributed by atoms with E-state index in [1.807, 2.05) is 0 Å². The number of hydrogen-bond donors (Lipinski definition) is 5. The first-order valence-electron chi connectivity index (χ1n) is 12.5. The molecule has 0 aliphatic heterocycles. The summed E-state index contributed by atoms with van der Waals surface area (Å²) in [5, 5.41) is 44.9. The van der Waals surface area contributed by atoms with Crippen molar-refractivity contribution in [1.29, 1.82) is 0 Å². The number of nitrogens with zero attached hydrogens (tertiary/aromatic N) is 1. The summed E-state index contributed by atoms with van der Waals surface area (Å²) in [5.74, 6) is -6.75. The zero-order valence-electron chi connectivity index (χ0n) is 22.0. The summed E-state index contributed by atoms with van der Waals surface area (Å²) < 4.78 is 5.49. The van der Waals surface area contributed by atoms with Crippen LogP contribution in [0, 0.1) is 11.8 Å². The third kappa shape index (κ3) is 3.58. The van der Waals surface area contributed by atoms with Crippen LogP contribution in [0.25, 0.3) is 16.9 Å². The fourth-order valence-corrected chi connectivity index (χ4v) is 6.51. The molecule has 40 heavy (non-hydrogen) atoms. The van der Waals surface area contributed by atoms with Gasteiger partial charge in [-0.15, -0.1) is 0 Å². The molecule has 208 valence electrons. The van der Waals surface area contributed by atoms with Crippen molar-refractivity contribution >= 4 is 29.5 Å². The zero-order chi connectivity index (χ0) is 29.3. The fourth-order valence-electron chi connectivity index (χ4n) is 6.51. The van der Waals surface area contributed by atoms with Crippen molar-refractivity contribution in [1.82, 2.24) is 4.90 Å². The number of rotatable bonds is 5. The lowest BCUT2D eigenvalue weighted by molar-refractivity contribution is -0.153. The number of primary amides is 1. The van der Waals surface area contributed by atoms with Crippen LogP contribution in [0.1, 0.15) is 27.9 Å². The normalized spacial score (nSPS) is 25.9. The van der Waals surface area contributed by atoms with Gasteiger partial charge in [0.1, 0.15) is 34.9 Å². The van der Waals surface area contributed by atoms with E-state index in [0.717, 1.165) is 0 Å². The minimum atomic E-state index is -2.71. The number of likely N-dealkylation sites (N-methyl/N-ethyl adjacent to an activating group) is 1. The molecule has 6 N–H and O–H groups in total. The van der Waals surface area contributed by atoms with Gasteiger partial charge in [-0.3, -0.25) is 24.1 Å². The molecule has 2 unspecified atom stereocenters. The Morgan fingerprint density at radius 2 is 1.82 bits per heavy atom. The lowest BCUT2D eigenvalue weighted by Gasteiger charge is -2.50. The van der Waals surface area contributed by atoms with E-state index < -0.39 is 58.0 Å². The van der Waals surface area contributed by atoms with Gasteiger partial charge in [0.05, 0.1) is 18.7 Å². The minimum Gasteiger partial charge on any atom is -0.508 e. The van der Waals surface area contributed by atoms with E-state index in [0.29, 0.717) is 34.3 Å². The highest BCUT2D eigenvalue weighted by Gasteiger charge is 2.64. The van der Waals surface area contributed by atoms with E-state index in [1.165, 1.54) is 32.2 Å². The van der Waals surface area contributed by atoms with E-state index in [4.69, 9.17) is 10.5 Å². The Bertz CT molecular complexity index is 1570. The number of carbonyl (C=O) groups excluding carboxylic acids is 4. The van der Waals surface area contributed by atoms with Crippen LogP contribution in [0.4, 0.5) is 0 Å². The van der Waals surface area contributed by atoms with E-state index in [1.54, 1.807) is 24.3 Å². The summed E-state index contributed by atoms with van der Waals surface area (Å²) in [7, 11) is 4.54. The SMILES string of the molecule is COc1ccc(C=O)cc1-c1ccc(O)c2c1CC1CC3[C@H](N(C)C)C(=O)C(C(N)=O)=C(O)[C@@]3(O)C(=O)C1=C2O. The van der Waals surface area contributed by atoms with Gasteiger partial charge in [0.25, 0.3) is 5.91 Å². The van der Waals surface area contributed by atoms with Crippen LogP contribution in [0.2, 0.25) is 0 Å². The highest BCUT2D eigenvalue weighted by molar-refractivity contribution is 6.24. The van der Waals surface area contributed by atoms with Crippen LogP contribution in [-0.2, 0) is 20.8 Å². The topological polar surface area (TPSA) is 188 Å². The maximum atomic E-state index is 14.0. The van der Waals surface area contributed by atoms with Crippen molar-refractivity contribution < 1.29 is 44.3 Å². The quantitative estimate of drug-likeness (QED) is 0.270. The summed E-state index contributed by atoms with van der Waals surface area (Å²) >= 11 is 0. The number of carbonyl (C=O) groups is 4. The van der Waals surface area contributed by atoms with Crippen molar-refractivity contribution in [2.24, 2.45) is 17.6 Å². The maximum Gasteiger partial charge on any atom is 0.255 e. The highest BCUT2D eigenvalue weighted by atomic mass is 16.5. The molecule has 1 fully saturated rings. The van der Waals surface area contributed by atoms with Gasteiger partial charge in [-0.25, -0.2) is 0 Å². The second kappa shape index (κ2) is 9.32. The number of aliphatic hydroxyl groups is 3. The molecule has 0 radical (unpaired) electrons. The van der Waals surface area contributed by atoms with Crippen molar-refractivity contribution in [2.45, 2.75) is 24.5 Å². The molecular formula is C29H28N2O9. The van der Waals surface area contributed by atoms with Crippen LogP contribution in [0.15, 0.2) is 47.2 Å². The number of nitrogens with two attached hydrogens (primary N) is 1. The van der Waals surface area contributed by atoms with Gasteiger partial charge < -0.3 is 30.9 Å². The standard InChI is InChI=1S/C29H28N2O9/c1-31(2)23-17-10-13-9-16-14(15-8-12(11-32)4-7-19(15)40-3)5-6-18(33)21(16)24(34)20(13)26(36)29(17,39)27(37)22(25(23)35)28(30)38/h4-8,11,13,17,23,33-34,37,39H,9-10H2,1-3H3,(H2,30,38)/t13?,17?,23-,29-/m0/s1. The third-order valence-corrected chi connectivity index (χ3v) is 8.25. The average Bonchev–Trinajstić information content (AvgIpc) is 2.90. The number of phenolic OH excluding ortho intramolecular Hbond substituents is 1. The molecule has 2 aromatic rings. The van der Waals surface area contributed by atoms with E-state index in [9.17, 15) is 39.6 Å². The van der Waals surface area contributed by atoms with Crippen molar-refractivity contribution in [3.05, 3.63) is 63.9 Å². The number of aromatic hydroxyl groups is 1. The average molecular weight is 549 g/mol. The molecule has 3 aliphatic rings. The number of phenols is 1. The largest absolute Gasteiger partial charge is 0.508 e. The van der Waals surface area contributed by atoms with Crippen LogP contribution in [0.5, 0.6) is 11.5 Å². The third-order valence-electron chi connectivity index (χ3n) is 8.25. The Kier molecular flexibility index (Phi) is 6.31. The molecule has 11 nitrogen and oxygen atoms in total. The second-order valence-electron chi connectivity index (χ2n) is 10.5. The lowest BCUT2D eigenvalue weighted by Crippen LogP contribution is -2.65. The Balaban J connectivity index is 1.76. The van der Waals surface area contributed by atoms with Crippen LogP contribution >= 0.6 is 0 Å². The number of fused-ring (bicyclic) bond motifs is 3. The molecule has 0 heterocycles. The number of ether oxygens (including phenoxy) is 1. The summed E-state index contributed by atoms with van der Waals surface area (Å²) in [4.78, 5) is 52.3. The number of aldehydes is 1. The molecule has 3 aliphatic carbocycles. The summed E-state index contributed by atoms with van der Waals surface area (Å²) in [6, 6.07) is 6.57. The minimum absolute atomic E-state index is 0.0353. The molecular weight excluding hydrogens is 520 g/mol. The Labute approximate surface area is 228 Å². The number of aliphatic hydroxyl groups excluding tert-OH is 2. The van der Waals surface area contributed by atoms with Gasteiger partial charge in [-0.2, -0.15) is 0 Å². The number of methoxy groups -OCH3 is 1. The van der Waals surface area contributed by atoms with Crippen molar-refractivity contribution in [3.8, 4) is 22.6 Å². The Morgan fingerprint density at radius 3 is 2.42 bits per heavy atom. The maximum absolute atomic E-state index is 14.0. The number of ketones is 2. The molecule has 11 heteroatoms. The van der Waals surface area contributed by atoms with Gasteiger partial charge >= 0.3 is 0 Å².